The minimum Gasteiger partial charge on any atom is -0.310 e. The molecule has 0 amide bonds. The number of para-hydroxylation sites is 2. The molecular weight excluding hydrogens is 314 g/mol. The van der Waals surface area contributed by atoms with E-state index in [2.05, 4.69) is 103 Å². The Kier molecular flexibility index (Phi) is 6.05. The molecule has 0 radical (unpaired) electrons. The standard InChI is InChI=1S/C25H25N/c1-3-5-13-21-19-20-22(14-6-4-2)25(21)26(23-15-9-7-10-16-23)24-17-11-8-12-18-24/h3-18H,1,19-20H2,2H3. The van der Waals surface area contributed by atoms with Gasteiger partial charge in [0.2, 0.25) is 0 Å². The zero-order valence-electron chi connectivity index (χ0n) is 15.3. The van der Waals surface area contributed by atoms with E-state index in [0.717, 1.165) is 12.8 Å². The Morgan fingerprint density at radius 3 is 2.00 bits per heavy atom. The maximum absolute atomic E-state index is 3.83. The van der Waals surface area contributed by atoms with Crippen LogP contribution < -0.4 is 4.90 Å². The van der Waals surface area contributed by atoms with Crippen LogP contribution in [0.25, 0.3) is 0 Å². The second kappa shape index (κ2) is 8.87. The summed E-state index contributed by atoms with van der Waals surface area (Å²) in [4.78, 5) is 2.37. The number of anilines is 2. The Morgan fingerprint density at radius 1 is 0.846 bits per heavy atom. The monoisotopic (exact) mass is 339 g/mol. The highest BCUT2D eigenvalue weighted by molar-refractivity contribution is 5.74. The molecule has 0 saturated heterocycles. The molecule has 1 aliphatic rings. The molecule has 3 rings (SSSR count). The van der Waals surface area contributed by atoms with E-state index in [0.29, 0.717) is 0 Å². The molecule has 26 heavy (non-hydrogen) atoms. The highest BCUT2D eigenvalue weighted by atomic mass is 15.2. The number of allylic oxidation sites excluding steroid dienone is 8. The summed E-state index contributed by atoms with van der Waals surface area (Å²) in [6.07, 6.45) is 14.6. The van der Waals surface area contributed by atoms with Gasteiger partial charge in [0.25, 0.3) is 0 Å². The quantitative estimate of drug-likeness (QED) is 0.506. The molecule has 0 atom stereocenters. The first-order valence-corrected chi connectivity index (χ1v) is 9.10. The molecule has 0 spiro atoms. The molecule has 0 saturated carbocycles. The van der Waals surface area contributed by atoms with E-state index < -0.39 is 0 Å². The Labute approximate surface area is 157 Å². The molecule has 1 aliphatic carbocycles. The van der Waals surface area contributed by atoms with E-state index in [9.17, 15) is 0 Å². The summed E-state index contributed by atoms with van der Waals surface area (Å²) >= 11 is 0. The van der Waals surface area contributed by atoms with Gasteiger partial charge in [-0.3, -0.25) is 0 Å². The van der Waals surface area contributed by atoms with Gasteiger partial charge in [0, 0.05) is 11.4 Å². The van der Waals surface area contributed by atoms with Crippen molar-refractivity contribution in [3.8, 4) is 0 Å². The third-order valence-electron chi connectivity index (χ3n) is 4.45. The number of nitrogens with zero attached hydrogens (tertiary/aromatic N) is 1. The minimum absolute atomic E-state index is 1.04. The van der Waals surface area contributed by atoms with Crippen LogP contribution in [-0.2, 0) is 0 Å². The van der Waals surface area contributed by atoms with Crippen molar-refractivity contribution >= 4 is 11.4 Å². The van der Waals surface area contributed by atoms with Gasteiger partial charge in [-0.25, -0.2) is 0 Å². The van der Waals surface area contributed by atoms with Crippen molar-refractivity contribution in [1.29, 1.82) is 0 Å². The predicted molar refractivity (Wildman–Crippen MR) is 114 cm³/mol. The van der Waals surface area contributed by atoms with Crippen LogP contribution in [0.1, 0.15) is 19.8 Å². The molecule has 130 valence electrons. The maximum atomic E-state index is 3.83. The molecule has 2 aromatic carbocycles. The predicted octanol–water partition coefficient (Wildman–Crippen LogP) is 7.12. The highest BCUT2D eigenvalue weighted by Crippen LogP contribution is 2.41. The van der Waals surface area contributed by atoms with Crippen molar-refractivity contribution in [2.24, 2.45) is 0 Å². The highest BCUT2D eigenvalue weighted by Gasteiger charge is 2.25. The van der Waals surface area contributed by atoms with Gasteiger partial charge in [-0.1, -0.05) is 79.4 Å². The molecule has 0 N–H and O–H groups in total. The van der Waals surface area contributed by atoms with E-state index in [-0.39, 0.29) is 0 Å². The van der Waals surface area contributed by atoms with E-state index in [1.807, 2.05) is 12.2 Å². The van der Waals surface area contributed by atoms with Gasteiger partial charge in [0.1, 0.15) is 0 Å². The van der Waals surface area contributed by atoms with Crippen molar-refractivity contribution < 1.29 is 0 Å². The Hall–Kier alpha value is -3.06. The summed E-state index contributed by atoms with van der Waals surface area (Å²) in [6.45, 7) is 5.88. The van der Waals surface area contributed by atoms with E-state index in [1.54, 1.807) is 0 Å². The average molecular weight is 339 g/mol. The molecule has 0 aliphatic heterocycles. The van der Waals surface area contributed by atoms with Crippen LogP contribution in [0.5, 0.6) is 0 Å². The van der Waals surface area contributed by atoms with Gasteiger partial charge < -0.3 is 4.90 Å². The van der Waals surface area contributed by atoms with Gasteiger partial charge in [0.15, 0.2) is 0 Å². The zero-order valence-corrected chi connectivity index (χ0v) is 15.3. The lowest BCUT2D eigenvalue weighted by Crippen LogP contribution is -2.17. The van der Waals surface area contributed by atoms with Crippen molar-refractivity contribution in [2.45, 2.75) is 19.8 Å². The topological polar surface area (TPSA) is 3.24 Å². The molecular formula is C25H25N. The van der Waals surface area contributed by atoms with E-state index >= 15 is 0 Å². The van der Waals surface area contributed by atoms with Crippen LogP contribution in [0.2, 0.25) is 0 Å². The molecule has 2 aromatic rings. The first kappa shape index (κ1) is 17.8. The fourth-order valence-corrected chi connectivity index (χ4v) is 3.28. The first-order valence-electron chi connectivity index (χ1n) is 9.10. The second-order valence-electron chi connectivity index (χ2n) is 6.19. The number of hydrogen-bond donors (Lipinski definition) is 0. The molecule has 0 bridgehead atoms. The van der Waals surface area contributed by atoms with Crippen LogP contribution in [0.4, 0.5) is 11.4 Å². The van der Waals surface area contributed by atoms with Crippen LogP contribution in [0, 0.1) is 0 Å². The molecule has 0 unspecified atom stereocenters. The molecule has 0 aromatic heterocycles. The molecule has 0 fully saturated rings. The SMILES string of the molecule is C=CC=CC1=C(N(c2ccccc2)c2ccccc2)C(=CC=CC)CC1. The minimum atomic E-state index is 1.04. The Balaban J connectivity index is 2.21. The normalized spacial score (nSPS) is 16.1. The van der Waals surface area contributed by atoms with Crippen LogP contribution >= 0.6 is 0 Å². The second-order valence-corrected chi connectivity index (χ2v) is 6.19. The number of hydrogen-bond acceptors (Lipinski definition) is 1. The summed E-state index contributed by atoms with van der Waals surface area (Å²) in [5, 5.41) is 0. The Morgan fingerprint density at radius 2 is 1.46 bits per heavy atom. The molecule has 0 heterocycles. The van der Waals surface area contributed by atoms with Gasteiger partial charge in [-0.2, -0.15) is 0 Å². The van der Waals surface area contributed by atoms with Gasteiger partial charge >= 0.3 is 0 Å². The number of rotatable bonds is 6. The van der Waals surface area contributed by atoms with Gasteiger partial charge in [-0.15, -0.1) is 0 Å². The first-order chi connectivity index (χ1) is 12.8. The van der Waals surface area contributed by atoms with Gasteiger partial charge in [-0.05, 0) is 55.2 Å². The van der Waals surface area contributed by atoms with E-state index in [4.69, 9.17) is 0 Å². The zero-order chi connectivity index (χ0) is 18.2. The largest absolute Gasteiger partial charge is 0.310 e. The lowest BCUT2D eigenvalue weighted by atomic mass is 10.1. The fourth-order valence-electron chi connectivity index (χ4n) is 3.28. The maximum Gasteiger partial charge on any atom is 0.0525 e. The summed E-state index contributed by atoms with van der Waals surface area (Å²) in [7, 11) is 0. The van der Waals surface area contributed by atoms with Crippen LogP contribution in [0.3, 0.4) is 0 Å². The molecule has 1 heteroatoms. The van der Waals surface area contributed by atoms with Crippen molar-refractivity contribution in [1.82, 2.24) is 0 Å². The van der Waals surface area contributed by atoms with Crippen LogP contribution in [-0.4, -0.2) is 0 Å². The Bertz CT molecular complexity index is 812. The van der Waals surface area contributed by atoms with Crippen molar-refractivity contribution in [3.63, 3.8) is 0 Å². The van der Waals surface area contributed by atoms with Crippen LogP contribution in [0.15, 0.2) is 121 Å². The lowest BCUT2D eigenvalue weighted by molar-refractivity contribution is 1.03. The average Bonchev–Trinajstić information content (AvgIpc) is 3.09. The smallest absolute Gasteiger partial charge is 0.0525 e. The summed E-state index contributed by atoms with van der Waals surface area (Å²) in [6, 6.07) is 21.2. The van der Waals surface area contributed by atoms with Crippen molar-refractivity contribution in [2.75, 3.05) is 4.90 Å². The van der Waals surface area contributed by atoms with Gasteiger partial charge in [0.05, 0.1) is 5.70 Å². The third-order valence-corrected chi connectivity index (χ3v) is 4.45. The van der Waals surface area contributed by atoms with E-state index in [1.165, 1.54) is 28.2 Å². The summed E-state index contributed by atoms with van der Waals surface area (Å²) < 4.78 is 0. The third kappa shape index (κ3) is 3.94. The fraction of sp³-hybridized carbons (Fsp3) is 0.120. The summed E-state index contributed by atoms with van der Waals surface area (Å²) in [5.74, 6) is 0. The lowest BCUT2D eigenvalue weighted by Gasteiger charge is -2.28. The van der Waals surface area contributed by atoms with Crippen molar-refractivity contribution in [3.05, 3.63) is 121 Å². The molecule has 1 nitrogen and oxygen atoms in total. The summed E-state index contributed by atoms with van der Waals surface area (Å²) in [5.41, 5.74) is 6.32. The number of benzene rings is 2.